The standard InChI is InChI=1S/C21H22ClN3O2S/c1-4-25-13(2)18(20(26)23-16-11-7-8-12-17(16)27-3)19(24-21(25)28)14-9-5-6-10-15(14)22/h5-12,19H,4H2,1-3H3,(H,23,26)(H,24,28)/t19-/m0/s1. The molecule has 1 atom stereocenters. The van der Waals surface area contributed by atoms with Crippen molar-refractivity contribution in [3.8, 4) is 5.75 Å². The summed E-state index contributed by atoms with van der Waals surface area (Å²) < 4.78 is 5.35. The predicted molar refractivity (Wildman–Crippen MR) is 117 cm³/mol. The summed E-state index contributed by atoms with van der Waals surface area (Å²) in [6.07, 6.45) is 0. The molecule has 1 aliphatic rings. The summed E-state index contributed by atoms with van der Waals surface area (Å²) in [6, 6.07) is 14.3. The number of carbonyl (C=O) groups is 1. The van der Waals surface area contributed by atoms with Crippen molar-refractivity contribution in [3.05, 3.63) is 70.4 Å². The average molecular weight is 416 g/mol. The van der Waals surface area contributed by atoms with Crippen LogP contribution in [-0.2, 0) is 4.79 Å². The zero-order chi connectivity index (χ0) is 20.3. The zero-order valence-electron chi connectivity index (χ0n) is 16.0. The third-order valence-corrected chi connectivity index (χ3v) is 5.41. The lowest BCUT2D eigenvalue weighted by molar-refractivity contribution is -0.113. The number of carbonyl (C=O) groups excluding carboxylic acids is 1. The number of hydrogen-bond acceptors (Lipinski definition) is 3. The summed E-state index contributed by atoms with van der Waals surface area (Å²) in [5, 5.41) is 7.38. The van der Waals surface area contributed by atoms with Crippen molar-refractivity contribution in [2.45, 2.75) is 19.9 Å². The van der Waals surface area contributed by atoms with Crippen molar-refractivity contribution in [1.29, 1.82) is 0 Å². The van der Waals surface area contributed by atoms with Gasteiger partial charge in [0.25, 0.3) is 5.91 Å². The Labute approximate surface area is 175 Å². The maximum Gasteiger partial charge on any atom is 0.255 e. The number of thiocarbonyl (C=S) groups is 1. The van der Waals surface area contributed by atoms with Crippen LogP contribution in [0.4, 0.5) is 5.69 Å². The summed E-state index contributed by atoms with van der Waals surface area (Å²) in [4.78, 5) is 15.2. The molecule has 0 aliphatic carbocycles. The van der Waals surface area contributed by atoms with Gasteiger partial charge in [-0.1, -0.05) is 41.9 Å². The number of anilines is 1. The van der Waals surface area contributed by atoms with Gasteiger partial charge in [-0.3, -0.25) is 4.79 Å². The number of rotatable bonds is 5. The van der Waals surface area contributed by atoms with Crippen LogP contribution in [0.25, 0.3) is 0 Å². The topological polar surface area (TPSA) is 53.6 Å². The first-order valence-corrected chi connectivity index (χ1v) is 9.74. The molecule has 2 aromatic rings. The molecule has 0 spiro atoms. The molecular formula is C21H22ClN3O2S. The maximum absolute atomic E-state index is 13.3. The molecule has 0 saturated carbocycles. The van der Waals surface area contributed by atoms with Crippen LogP contribution in [0.1, 0.15) is 25.5 Å². The third-order valence-electron chi connectivity index (χ3n) is 4.73. The number of benzene rings is 2. The molecule has 0 unspecified atom stereocenters. The first-order chi connectivity index (χ1) is 13.5. The fourth-order valence-corrected chi connectivity index (χ4v) is 3.97. The monoisotopic (exact) mass is 415 g/mol. The van der Waals surface area contributed by atoms with Gasteiger partial charge < -0.3 is 20.3 Å². The second-order valence-electron chi connectivity index (χ2n) is 6.30. The predicted octanol–water partition coefficient (Wildman–Crippen LogP) is 4.51. The Morgan fingerprint density at radius 2 is 1.93 bits per heavy atom. The Morgan fingerprint density at radius 1 is 1.25 bits per heavy atom. The number of amides is 1. The van der Waals surface area contributed by atoms with E-state index in [0.717, 1.165) is 11.3 Å². The SMILES string of the molecule is CCN1C(=S)N[C@@H](c2ccccc2Cl)C(C(=O)Nc2ccccc2OC)=C1C. The second kappa shape index (κ2) is 8.63. The van der Waals surface area contributed by atoms with Crippen molar-refractivity contribution in [2.75, 3.05) is 19.0 Å². The molecule has 5 nitrogen and oxygen atoms in total. The van der Waals surface area contributed by atoms with Gasteiger partial charge >= 0.3 is 0 Å². The Balaban J connectivity index is 2.06. The van der Waals surface area contributed by atoms with Crippen molar-refractivity contribution >= 4 is 40.5 Å². The largest absolute Gasteiger partial charge is 0.495 e. The van der Waals surface area contributed by atoms with Gasteiger partial charge in [-0.15, -0.1) is 0 Å². The van der Waals surface area contributed by atoms with Crippen LogP contribution >= 0.6 is 23.8 Å². The number of ether oxygens (including phenoxy) is 1. The van der Waals surface area contributed by atoms with E-state index in [1.54, 1.807) is 25.3 Å². The fourth-order valence-electron chi connectivity index (χ4n) is 3.34. The first-order valence-electron chi connectivity index (χ1n) is 8.95. The van der Waals surface area contributed by atoms with Gasteiger partial charge in [-0.05, 0) is 49.8 Å². The molecule has 2 aromatic carbocycles. The molecule has 3 rings (SSSR count). The number of hydrogen-bond donors (Lipinski definition) is 2. The van der Waals surface area contributed by atoms with E-state index in [0.29, 0.717) is 33.7 Å². The Morgan fingerprint density at radius 3 is 2.61 bits per heavy atom. The summed E-state index contributed by atoms with van der Waals surface area (Å²) in [6.45, 7) is 4.54. The molecule has 0 fully saturated rings. The zero-order valence-corrected chi connectivity index (χ0v) is 17.5. The van der Waals surface area contributed by atoms with Gasteiger partial charge in [-0.2, -0.15) is 0 Å². The van der Waals surface area contributed by atoms with Gasteiger partial charge in [0.2, 0.25) is 0 Å². The summed E-state index contributed by atoms with van der Waals surface area (Å²) in [7, 11) is 1.57. The third kappa shape index (κ3) is 3.84. The van der Waals surface area contributed by atoms with E-state index in [1.807, 2.05) is 49.1 Å². The summed E-state index contributed by atoms with van der Waals surface area (Å²) >= 11 is 11.9. The smallest absolute Gasteiger partial charge is 0.255 e. The van der Waals surface area contributed by atoms with Crippen LogP contribution < -0.4 is 15.4 Å². The Bertz CT molecular complexity index is 945. The lowest BCUT2D eigenvalue weighted by Crippen LogP contribution is -2.48. The Kier molecular flexibility index (Phi) is 6.21. The number of allylic oxidation sites excluding steroid dienone is 1. The minimum atomic E-state index is -0.446. The molecule has 7 heteroatoms. The normalized spacial score (nSPS) is 16.6. The van der Waals surface area contributed by atoms with Gasteiger partial charge in [0.1, 0.15) is 5.75 Å². The van der Waals surface area contributed by atoms with Gasteiger partial charge in [0, 0.05) is 17.3 Å². The van der Waals surface area contributed by atoms with Crippen LogP contribution in [-0.4, -0.2) is 29.6 Å². The minimum absolute atomic E-state index is 0.236. The molecule has 0 aromatic heterocycles. The number of para-hydroxylation sites is 2. The van der Waals surface area contributed by atoms with E-state index in [2.05, 4.69) is 10.6 Å². The van der Waals surface area contributed by atoms with Gasteiger partial charge in [-0.25, -0.2) is 0 Å². The lowest BCUT2D eigenvalue weighted by atomic mass is 9.94. The highest BCUT2D eigenvalue weighted by Gasteiger charge is 2.34. The van der Waals surface area contributed by atoms with Crippen LogP contribution in [0, 0.1) is 0 Å². The van der Waals surface area contributed by atoms with E-state index >= 15 is 0 Å². The molecule has 0 radical (unpaired) electrons. The highest BCUT2D eigenvalue weighted by Crippen LogP contribution is 2.35. The van der Waals surface area contributed by atoms with Crippen LogP contribution in [0.2, 0.25) is 5.02 Å². The van der Waals surface area contributed by atoms with Crippen molar-refractivity contribution in [2.24, 2.45) is 0 Å². The molecule has 0 saturated heterocycles. The van der Waals surface area contributed by atoms with Crippen molar-refractivity contribution in [1.82, 2.24) is 10.2 Å². The van der Waals surface area contributed by atoms with Crippen LogP contribution in [0.3, 0.4) is 0 Å². The van der Waals surface area contributed by atoms with E-state index < -0.39 is 6.04 Å². The quantitative estimate of drug-likeness (QED) is 0.703. The molecule has 1 heterocycles. The highest BCUT2D eigenvalue weighted by molar-refractivity contribution is 7.80. The maximum atomic E-state index is 13.3. The van der Waals surface area contributed by atoms with Gasteiger partial charge in [0.05, 0.1) is 24.4 Å². The minimum Gasteiger partial charge on any atom is -0.495 e. The van der Waals surface area contributed by atoms with E-state index in [1.165, 1.54) is 0 Å². The molecule has 1 amide bonds. The number of halogens is 1. The number of nitrogens with zero attached hydrogens (tertiary/aromatic N) is 1. The van der Waals surface area contributed by atoms with Crippen molar-refractivity contribution < 1.29 is 9.53 Å². The summed E-state index contributed by atoms with van der Waals surface area (Å²) in [5.41, 5.74) is 2.76. The van der Waals surface area contributed by atoms with Crippen molar-refractivity contribution in [3.63, 3.8) is 0 Å². The highest BCUT2D eigenvalue weighted by atomic mass is 35.5. The fraction of sp³-hybridized carbons (Fsp3) is 0.238. The number of nitrogens with one attached hydrogen (secondary N) is 2. The van der Waals surface area contributed by atoms with Crippen LogP contribution in [0.15, 0.2) is 59.8 Å². The van der Waals surface area contributed by atoms with Gasteiger partial charge in [0.15, 0.2) is 5.11 Å². The Hall–Kier alpha value is -2.57. The molecule has 2 N–H and O–H groups in total. The van der Waals surface area contributed by atoms with E-state index in [9.17, 15) is 4.79 Å². The molecule has 1 aliphatic heterocycles. The molecule has 28 heavy (non-hydrogen) atoms. The lowest BCUT2D eigenvalue weighted by Gasteiger charge is -2.37. The molecular weight excluding hydrogens is 394 g/mol. The summed E-state index contributed by atoms with van der Waals surface area (Å²) in [5.74, 6) is 0.357. The van der Waals surface area contributed by atoms with E-state index in [4.69, 9.17) is 28.6 Å². The number of methoxy groups -OCH3 is 1. The average Bonchev–Trinajstić information content (AvgIpc) is 2.68. The van der Waals surface area contributed by atoms with E-state index in [-0.39, 0.29) is 5.91 Å². The molecule has 146 valence electrons. The van der Waals surface area contributed by atoms with Crippen LogP contribution in [0.5, 0.6) is 5.75 Å². The molecule has 0 bridgehead atoms. The second-order valence-corrected chi connectivity index (χ2v) is 7.10. The first kappa shape index (κ1) is 20.2.